The van der Waals surface area contributed by atoms with Crippen molar-refractivity contribution in [1.82, 2.24) is 0 Å². The third kappa shape index (κ3) is 4.26. The van der Waals surface area contributed by atoms with Gasteiger partial charge in [-0.1, -0.05) is 37.6 Å². The van der Waals surface area contributed by atoms with Gasteiger partial charge in [0.1, 0.15) is 12.4 Å². The molecule has 2 rings (SSSR count). The van der Waals surface area contributed by atoms with Crippen LogP contribution in [0.2, 0.25) is 5.02 Å². The Labute approximate surface area is 146 Å². The summed E-state index contributed by atoms with van der Waals surface area (Å²) in [5.74, 6) is -0.281. The molecule has 0 spiro atoms. The average molecular weight is 351 g/mol. The molecule has 0 saturated heterocycles. The van der Waals surface area contributed by atoms with E-state index in [2.05, 4.69) is 0 Å². The number of ether oxygens (including phenoxy) is 2. The molecule has 0 saturated carbocycles. The van der Waals surface area contributed by atoms with Gasteiger partial charge in [-0.25, -0.2) is 4.39 Å². The lowest BCUT2D eigenvalue weighted by Gasteiger charge is -2.15. The van der Waals surface area contributed by atoms with Gasteiger partial charge in [-0.05, 0) is 36.6 Å². The highest BCUT2D eigenvalue weighted by Crippen LogP contribution is 2.29. The first kappa shape index (κ1) is 18.3. The van der Waals surface area contributed by atoms with E-state index in [-0.39, 0.29) is 24.7 Å². The van der Waals surface area contributed by atoms with Crippen LogP contribution < -0.4 is 9.47 Å². The zero-order valence-corrected chi connectivity index (χ0v) is 14.7. The van der Waals surface area contributed by atoms with Crippen LogP contribution in [0.15, 0.2) is 30.3 Å². The lowest BCUT2D eigenvalue weighted by atomic mass is 10.0. The summed E-state index contributed by atoms with van der Waals surface area (Å²) in [6, 6.07) is 8.26. The van der Waals surface area contributed by atoms with Crippen LogP contribution in [0.3, 0.4) is 0 Å². The molecule has 0 bridgehead atoms. The largest absolute Gasteiger partial charge is 0.486 e. The molecule has 128 valence electrons. The van der Waals surface area contributed by atoms with Crippen LogP contribution in [0.1, 0.15) is 37.0 Å². The van der Waals surface area contributed by atoms with Gasteiger partial charge < -0.3 is 9.47 Å². The quantitative estimate of drug-likeness (QED) is 0.527. The smallest absolute Gasteiger partial charge is 0.310 e. The summed E-state index contributed by atoms with van der Waals surface area (Å²) in [6.07, 6.45) is 1.02. The minimum atomic E-state index is -0.474. The SMILES string of the molecule is CCC(=O)Oc1cccc(CC)c1COc1cc(Cl)c(C)cc1F. The normalized spacial score (nSPS) is 10.5. The molecule has 0 heterocycles. The molecule has 2 aromatic rings. The number of esters is 1. The van der Waals surface area contributed by atoms with Gasteiger partial charge in [0.05, 0.1) is 0 Å². The van der Waals surface area contributed by atoms with E-state index >= 15 is 0 Å². The van der Waals surface area contributed by atoms with Gasteiger partial charge in [0, 0.05) is 23.1 Å². The van der Waals surface area contributed by atoms with Crippen molar-refractivity contribution in [2.24, 2.45) is 0 Å². The molecule has 0 unspecified atom stereocenters. The maximum Gasteiger partial charge on any atom is 0.310 e. The highest BCUT2D eigenvalue weighted by Gasteiger charge is 2.14. The molecule has 0 amide bonds. The summed E-state index contributed by atoms with van der Waals surface area (Å²) in [5, 5.41) is 0.438. The van der Waals surface area contributed by atoms with Gasteiger partial charge in [0.25, 0.3) is 0 Å². The van der Waals surface area contributed by atoms with Gasteiger partial charge in [0.15, 0.2) is 11.6 Å². The summed E-state index contributed by atoms with van der Waals surface area (Å²) >= 11 is 6.03. The highest BCUT2D eigenvalue weighted by molar-refractivity contribution is 6.31. The molecule has 0 aliphatic rings. The number of rotatable bonds is 6. The van der Waals surface area contributed by atoms with E-state index in [1.165, 1.54) is 12.1 Å². The van der Waals surface area contributed by atoms with E-state index in [0.29, 0.717) is 16.3 Å². The zero-order valence-electron chi connectivity index (χ0n) is 14.0. The number of carbonyl (C=O) groups is 1. The monoisotopic (exact) mass is 350 g/mol. The van der Waals surface area contributed by atoms with E-state index in [1.807, 2.05) is 19.1 Å². The molecule has 5 heteroatoms. The van der Waals surface area contributed by atoms with Gasteiger partial charge >= 0.3 is 5.97 Å². The molecular weight excluding hydrogens is 331 g/mol. The molecule has 0 fully saturated rings. The van der Waals surface area contributed by atoms with Crippen molar-refractivity contribution in [3.8, 4) is 11.5 Å². The first-order chi connectivity index (χ1) is 11.5. The Morgan fingerprint density at radius 2 is 1.96 bits per heavy atom. The second kappa shape index (κ2) is 8.15. The van der Waals surface area contributed by atoms with Crippen LogP contribution in [0, 0.1) is 12.7 Å². The summed E-state index contributed by atoms with van der Waals surface area (Å²) in [7, 11) is 0. The molecule has 3 nitrogen and oxygen atoms in total. The van der Waals surface area contributed by atoms with Crippen molar-refractivity contribution in [2.75, 3.05) is 0 Å². The Morgan fingerprint density at radius 3 is 2.62 bits per heavy atom. The predicted molar refractivity (Wildman–Crippen MR) is 92.2 cm³/mol. The number of benzene rings is 2. The van der Waals surface area contributed by atoms with Crippen molar-refractivity contribution in [3.63, 3.8) is 0 Å². The lowest BCUT2D eigenvalue weighted by molar-refractivity contribution is -0.134. The average Bonchev–Trinajstić information content (AvgIpc) is 2.57. The van der Waals surface area contributed by atoms with Crippen molar-refractivity contribution in [2.45, 2.75) is 40.2 Å². The third-order valence-electron chi connectivity index (χ3n) is 3.71. The molecular formula is C19H20ClFO3. The van der Waals surface area contributed by atoms with E-state index in [9.17, 15) is 9.18 Å². The van der Waals surface area contributed by atoms with Crippen LogP contribution in [-0.4, -0.2) is 5.97 Å². The zero-order chi connectivity index (χ0) is 17.7. The number of hydrogen-bond donors (Lipinski definition) is 0. The minimum Gasteiger partial charge on any atom is -0.486 e. The third-order valence-corrected chi connectivity index (χ3v) is 4.12. The first-order valence-electron chi connectivity index (χ1n) is 7.86. The maximum absolute atomic E-state index is 14.0. The standard InChI is InChI=1S/C19H20ClFO3/c1-4-13-7-6-8-17(24-19(22)5-2)14(13)11-23-18-10-15(20)12(3)9-16(18)21/h6-10H,4-5,11H2,1-3H3. The molecule has 0 aliphatic carbocycles. The molecule has 0 atom stereocenters. The fourth-order valence-electron chi connectivity index (χ4n) is 2.29. The van der Waals surface area contributed by atoms with E-state index < -0.39 is 5.82 Å². The molecule has 24 heavy (non-hydrogen) atoms. The lowest BCUT2D eigenvalue weighted by Crippen LogP contribution is -2.10. The molecule has 0 N–H and O–H groups in total. The summed E-state index contributed by atoms with van der Waals surface area (Å²) in [6.45, 7) is 5.54. The van der Waals surface area contributed by atoms with Gasteiger partial charge in [0.2, 0.25) is 0 Å². The topological polar surface area (TPSA) is 35.5 Å². The van der Waals surface area contributed by atoms with Crippen LogP contribution in [-0.2, 0) is 17.8 Å². The number of halogens is 2. The van der Waals surface area contributed by atoms with Crippen LogP contribution in [0.25, 0.3) is 0 Å². The van der Waals surface area contributed by atoms with Gasteiger partial charge in [-0.15, -0.1) is 0 Å². The van der Waals surface area contributed by atoms with Gasteiger partial charge in [-0.3, -0.25) is 4.79 Å². The van der Waals surface area contributed by atoms with E-state index in [4.69, 9.17) is 21.1 Å². The number of aryl methyl sites for hydroxylation is 2. The van der Waals surface area contributed by atoms with E-state index in [0.717, 1.165) is 17.5 Å². The summed E-state index contributed by atoms with van der Waals surface area (Å²) < 4.78 is 25.0. The predicted octanol–water partition coefficient (Wildman–Crippen LogP) is 5.24. The summed E-state index contributed by atoms with van der Waals surface area (Å²) in [5.41, 5.74) is 2.36. The van der Waals surface area contributed by atoms with Crippen molar-refractivity contribution in [1.29, 1.82) is 0 Å². The summed E-state index contributed by atoms with van der Waals surface area (Å²) in [4.78, 5) is 11.6. The van der Waals surface area contributed by atoms with Crippen LogP contribution in [0.5, 0.6) is 11.5 Å². The fraction of sp³-hybridized carbons (Fsp3) is 0.316. The second-order valence-electron chi connectivity index (χ2n) is 5.40. The Kier molecular flexibility index (Phi) is 6.21. The molecule has 0 aromatic heterocycles. The van der Waals surface area contributed by atoms with Crippen molar-refractivity contribution >= 4 is 17.6 Å². The highest BCUT2D eigenvalue weighted by atomic mass is 35.5. The Morgan fingerprint density at radius 1 is 1.21 bits per heavy atom. The van der Waals surface area contributed by atoms with Gasteiger partial charge in [-0.2, -0.15) is 0 Å². The maximum atomic E-state index is 14.0. The second-order valence-corrected chi connectivity index (χ2v) is 5.80. The molecule has 2 aromatic carbocycles. The van der Waals surface area contributed by atoms with E-state index in [1.54, 1.807) is 19.9 Å². The fourth-order valence-corrected chi connectivity index (χ4v) is 2.44. The number of carbonyl (C=O) groups excluding carboxylic acids is 1. The Bertz CT molecular complexity index is 744. The van der Waals surface area contributed by atoms with Crippen LogP contribution in [0.4, 0.5) is 4.39 Å². The Hall–Kier alpha value is -2.07. The molecule has 0 aliphatic heterocycles. The molecule has 0 radical (unpaired) electrons. The minimum absolute atomic E-state index is 0.0734. The Balaban J connectivity index is 2.28. The van der Waals surface area contributed by atoms with Crippen molar-refractivity contribution in [3.05, 3.63) is 57.9 Å². The van der Waals surface area contributed by atoms with Crippen LogP contribution >= 0.6 is 11.6 Å². The van der Waals surface area contributed by atoms with Crippen molar-refractivity contribution < 1.29 is 18.7 Å². The number of hydrogen-bond acceptors (Lipinski definition) is 3. The first-order valence-corrected chi connectivity index (χ1v) is 8.23.